The maximum absolute atomic E-state index is 12.6. The van der Waals surface area contributed by atoms with Crippen molar-refractivity contribution in [2.24, 2.45) is 0 Å². The highest BCUT2D eigenvalue weighted by Gasteiger charge is 2.45. The highest BCUT2D eigenvalue weighted by molar-refractivity contribution is 7.86. The molecule has 3 amide bonds. The molecule has 0 fully saturated rings. The average Bonchev–Trinajstić information content (AvgIpc) is 3.68. The van der Waals surface area contributed by atoms with Gasteiger partial charge in [-0.25, -0.2) is 0 Å². The van der Waals surface area contributed by atoms with E-state index in [0.29, 0.717) is 30.6 Å². The van der Waals surface area contributed by atoms with Crippen molar-refractivity contribution in [2.75, 3.05) is 42.6 Å². The molecule has 0 bridgehead atoms. The Kier molecular flexibility index (Phi) is 15.0. The average molecular weight is 916 g/mol. The monoisotopic (exact) mass is 915 g/mol. The lowest BCUT2D eigenvalue weighted by atomic mass is 9.76. The van der Waals surface area contributed by atoms with Gasteiger partial charge in [-0.2, -0.15) is 29.8 Å². The van der Waals surface area contributed by atoms with Gasteiger partial charge in [-0.1, -0.05) is 48.8 Å². The maximum atomic E-state index is 12.6. The van der Waals surface area contributed by atoms with Gasteiger partial charge in [0, 0.05) is 79.1 Å². The SMILES string of the molecule is Cc1ccc2c(c1)C(C)(CCCCCC(=O)NCCN1C(=O)C=CC1=O)C(=CC=CC=CC1=[N+](CCCS(=O)(=O)O)c3ccc(S(=O)(=O)O)cc3C1(C)C)N2CCCS(=O)(=O)O. The van der Waals surface area contributed by atoms with Gasteiger partial charge in [0.2, 0.25) is 11.6 Å². The number of aryl methyl sites for hydroxylation is 1. The number of hydrogen-bond donors (Lipinski definition) is 4. The number of nitrogens with one attached hydrogen (secondary N) is 1. The number of allylic oxidation sites excluding steroid dienone is 6. The number of anilines is 1. The standard InChI is InChI=1S/C43H54N4O12S3/c1-31-16-18-36-34(29-31)43(4,22-10-6-9-15-39(48)44-23-26-47-40(49)20-21-41(47)50)38(46(36)25-12-28-61(54,55)56)14-8-5-7-13-37-42(2,3)33-30-32(62(57,58)59)17-19-35(33)45(37)24-11-27-60(51,52)53/h5,7-8,13-14,16-21,29-30H,6,9-12,15,22-28H2,1-4H3,(H3-,44,48,51,52,53,54,55,56,57,58,59)/p+1. The topological polar surface area (TPSA) is 236 Å². The first-order chi connectivity index (χ1) is 28.9. The number of nitrogens with zero attached hydrogens (tertiary/aromatic N) is 3. The van der Waals surface area contributed by atoms with Crippen LogP contribution in [0.4, 0.5) is 11.4 Å². The molecule has 0 saturated heterocycles. The van der Waals surface area contributed by atoms with E-state index < -0.39 is 64.5 Å². The quantitative estimate of drug-likeness (QED) is 0.0428. The van der Waals surface area contributed by atoms with Crippen molar-refractivity contribution in [2.45, 2.75) is 88.4 Å². The number of carbonyl (C=O) groups is 3. The van der Waals surface area contributed by atoms with Gasteiger partial charge in [0.1, 0.15) is 6.54 Å². The third kappa shape index (κ3) is 11.8. The molecule has 0 aliphatic carbocycles. The second-order valence-electron chi connectivity index (χ2n) is 16.5. The van der Waals surface area contributed by atoms with E-state index in [4.69, 9.17) is 0 Å². The molecule has 2 aromatic carbocycles. The molecule has 1 atom stereocenters. The van der Waals surface area contributed by atoms with Crippen LogP contribution in [0.5, 0.6) is 0 Å². The fraction of sp³-hybridized carbons (Fsp3) is 0.442. The van der Waals surface area contributed by atoms with E-state index >= 15 is 0 Å². The van der Waals surface area contributed by atoms with Crippen LogP contribution in [0.1, 0.15) is 82.4 Å². The van der Waals surface area contributed by atoms with Crippen molar-refractivity contribution < 1.29 is 57.9 Å². The molecule has 4 N–H and O–H groups in total. The summed E-state index contributed by atoms with van der Waals surface area (Å²) in [5.41, 5.74) is 4.56. The Morgan fingerprint density at radius 2 is 1.45 bits per heavy atom. The molecule has 62 heavy (non-hydrogen) atoms. The summed E-state index contributed by atoms with van der Waals surface area (Å²) >= 11 is 0. The highest BCUT2D eigenvalue weighted by Crippen LogP contribution is 2.51. The number of imide groups is 1. The third-order valence-electron chi connectivity index (χ3n) is 11.5. The van der Waals surface area contributed by atoms with Gasteiger partial charge in [-0.15, -0.1) is 0 Å². The number of benzene rings is 2. The van der Waals surface area contributed by atoms with Crippen molar-refractivity contribution in [3.63, 3.8) is 0 Å². The highest BCUT2D eigenvalue weighted by atomic mass is 32.2. The van der Waals surface area contributed by atoms with Crippen molar-refractivity contribution in [3.8, 4) is 0 Å². The second kappa shape index (κ2) is 19.3. The van der Waals surface area contributed by atoms with Crippen LogP contribution in [0.15, 0.2) is 89.5 Å². The molecule has 1 unspecified atom stereocenters. The lowest BCUT2D eigenvalue weighted by Gasteiger charge is -2.30. The van der Waals surface area contributed by atoms with Gasteiger partial charge in [0.25, 0.3) is 42.2 Å². The fourth-order valence-corrected chi connectivity index (χ4v) is 9.88. The minimum absolute atomic E-state index is 0.0796. The predicted molar refractivity (Wildman–Crippen MR) is 235 cm³/mol. The Bertz CT molecular complexity index is 2580. The van der Waals surface area contributed by atoms with E-state index in [1.807, 2.05) is 61.8 Å². The molecule has 0 saturated carbocycles. The van der Waals surface area contributed by atoms with Crippen molar-refractivity contribution in [3.05, 3.63) is 101 Å². The number of carbonyl (C=O) groups excluding carboxylic acids is 3. The summed E-state index contributed by atoms with van der Waals surface area (Å²) in [6.07, 6.45) is 15.0. The van der Waals surface area contributed by atoms with Gasteiger partial charge in [-0.05, 0) is 76.8 Å². The molecule has 5 rings (SSSR count). The first kappa shape index (κ1) is 48.2. The number of amides is 3. The van der Waals surface area contributed by atoms with Crippen molar-refractivity contribution in [1.29, 1.82) is 0 Å². The van der Waals surface area contributed by atoms with Gasteiger partial charge < -0.3 is 10.2 Å². The van der Waals surface area contributed by atoms with Crippen molar-refractivity contribution >= 4 is 65.2 Å². The molecule has 0 radical (unpaired) electrons. The van der Waals surface area contributed by atoms with Gasteiger partial charge in [-0.3, -0.25) is 32.9 Å². The number of fused-ring (bicyclic) bond motifs is 2. The minimum atomic E-state index is -4.51. The van der Waals surface area contributed by atoms with E-state index in [0.717, 1.165) is 46.0 Å². The Morgan fingerprint density at radius 3 is 2.11 bits per heavy atom. The van der Waals surface area contributed by atoms with Crippen LogP contribution >= 0.6 is 0 Å². The first-order valence-electron chi connectivity index (χ1n) is 20.3. The molecular formula is C43H55N4O12S3+. The molecule has 19 heteroatoms. The van der Waals surface area contributed by atoms with Crippen LogP contribution in [0.25, 0.3) is 0 Å². The number of rotatable bonds is 21. The zero-order valence-corrected chi connectivity index (χ0v) is 37.7. The molecule has 3 aliphatic heterocycles. The summed E-state index contributed by atoms with van der Waals surface area (Å²) < 4.78 is 101. The summed E-state index contributed by atoms with van der Waals surface area (Å²) in [6.45, 7) is 8.64. The summed E-state index contributed by atoms with van der Waals surface area (Å²) in [4.78, 5) is 39.0. The Balaban J connectivity index is 1.37. The van der Waals surface area contributed by atoms with E-state index in [1.54, 1.807) is 12.1 Å². The zero-order valence-electron chi connectivity index (χ0n) is 35.3. The van der Waals surface area contributed by atoms with Crippen LogP contribution < -0.4 is 10.2 Å². The lowest BCUT2D eigenvalue weighted by Crippen LogP contribution is -2.38. The zero-order chi connectivity index (χ0) is 45.7. The van der Waals surface area contributed by atoms with E-state index in [9.17, 15) is 53.3 Å². The molecule has 0 spiro atoms. The Hall–Kier alpha value is -4.79. The summed E-state index contributed by atoms with van der Waals surface area (Å²) in [5.74, 6) is -1.88. The van der Waals surface area contributed by atoms with E-state index in [-0.39, 0.29) is 49.7 Å². The molecular weight excluding hydrogens is 861 g/mol. The number of hydrogen-bond acceptors (Lipinski definition) is 10. The van der Waals surface area contributed by atoms with Crippen LogP contribution in [0.2, 0.25) is 0 Å². The molecule has 2 aromatic rings. The minimum Gasteiger partial charge on any atom is -0.354 e. The second-order valence-corrected chi connectivity index (χ2v) is 21.0. The predicted octanol–water partition coefficient (Wildman–Crippen LogP) is 4.94. The normalized spacial score (nSPS) is 19.5. The number of unbranched alkanes of at least 4 members (excludes halogenated alkanes) is 2. The van der Waals surface area contributed by atoms with Crippen LogP contribution in [0.3, 0.4) is 0 Å². The van der Waals surface area contributed by atoms with E-state index in [1.165, 1.54) is 24.3 Å². The molecule has 336 valence electrons. The van der Waals surface area contributed by atoms with Gasteiger partial charge in [0.15, 0.2) is 5.71 Å². The Morgan fingerprint density at radius 1 is 0.774 bits per heavy atom. The van der Waals surface area contributed by atoms with Gasteiger partial charge in [0.05, 0.1) is 21.8 Å². The molecule has 0 aromatic heterocycles. The summed E-state index contributed by atoms with van der Waals surface area (Å²) in [7, 11) is -12.9. The van der Waals surface area contributed by atoms with Crippen LogP contribution in [-0.2, 0) is 55.6 Å². The lowest BCUT2D eigenvalue weighted by molar-refractivity contribution is -0.437. The van der Waals surface area contributed by atoms with Crippen molar-refractivity contribution in [1.82, 2.24) is 10.2 Å². The smallest absolute Gasteiger partial charge is 0.294 e. The third-order valence-corrected chi connectivity index (χ3v) is 14.0. The van der Waals surface area contributed by atoms with Crippen LogP contribution in [-0.4, -0.2) is 110 Å². The van der Waals surface area contributed by atoms with Crippen LogP contribution in [0, 0.1) is 6.92 Å². The first-order valence-corrected chi connectivity index (χ1v) is 25.0. The largest absolute Gasteiger partial charge is 0.354 e. The summed E-state index contributed by atoms with van der Waals surface area (Å²) in [6, 6.07) is 10.3. The molecule has 3 heterocycles. The fourth-order valence-electron chi connectivity index (χ4n) is 8.38. The van der Waals surface area contributed by atoms with E-state index in [2.05, 4.69) is 23.2 Å². The molecule has 3 aliphatic rings. The molecule has 16 nitrogen and oxygen atoms in total. The summed E-state index contributed by atoms with van der Waals surface area (Å²) in [5, 5.41) is 2.77. The maximum Gasteiger partial charge on any atom is 0.294 e. The van der Waals surface area contributed by atoms with Gasteiger partial charge >= 0.3 is 0 Å². The Labute approximate surface area is 364 Å².